The molecule has 108 valence electrons. The van der Waals surface area contributed by atoms with E-state index in [9.17, 15) is 0 Å². The zero-order chi connectivity index (χ0) is 15.5. The molecule has 1 aromatic heterocycles. The van der Waals surface area contributed by atoms with Crippen LogP contribution in [0.2, 0.25) is 0 Å². The lowest BCUT2D eigenvalue weighted by Gasteiger charge is -2.04. The summed E-state index contributed by atoms with van der Waals surface area (Å²) in [5, 5.41) is 0. The van der Waals surface area contributed by atoms with Gasteiger partial charge < -0.3 is 0 Å². The standard InChI is InChI=1S/C22H15N/c1-2-7-17(8-3-1)20-10-5-4-9-18(20)13-14-19-15-16-23-22-12-6-11-21(19)22/h1-11,15-16H,12H2. The van der Waals surface area contributed by atoms with Crippen molar-refractivity contribution in [3.8, 4) is 23.0 Å². The normalized spacial score (nSPS) is 11.7. The first kappa shape index (κ1) is 13.5. The van der Waals surface area contributed by atoms with Gasteiger partial charge in [-0.1, -0.05) is 72.5 Å². The summed E-state index contributed by atoms with van der Waals surface area (Å²) in [6, 6.07) is 20.7. The van der Waals surface area contributed by atoms with Gasteiger partial charge >= 0.3 is 0 Å². The molecule has 0 N–H and O–H groups in total. The molecule has 0 bridgehead atoms. The van der Waals surface area contributed by atoms with Gasteiger partial charge in [0.15, 0.2) is 0 Å². The maximum Gasteiger partial charge on any atom is 0.0525 e. The number of rotatable bonds is 1. The van der Waals surface area contributed by atoms with Crippen molar-refractivity contribution < 1.29 is 0 Å². The van der Waals surface area contributed by atoms with E-state index in [-0.39, 0.29) is 0 Å². The number of fused-ring (bicyclic) bond motifs is 1. The van der Waals surface area contributed by atoms with E-state index in [2.05, 4.69) is 71.4 Å². The second-order valence-electron chi connectivity index (χ2n) is 5.49. The van der Waals surface area contributed by atoms with Gasteiger partial charge in [0.1, 0.15) is 0 Å². The van der Waals surface area contributed by atoms with Gasteiger partial charge in [-0.3, -0.25) is 4.98 Å². The largest absolute Gasteiger partial charge is 0.260 e. The van der Waals surface area contributed by atoms with E-state index < -0.39 is 0 Å². The third-order valence-corrected chi connectivity index (χ3v) is 4.01. The molecule has 2 aromatic carbocycles. The summed E-state index contributed by atoms with van der Waals surface area (Å²) in [5.41, 5.74) is 6.74. The van der Waals surface area contributed by atoms with E-state index in [4.69, 9.17) is 0 Å². The average molecular weight is 293 g/mol. The number of aromatic nitrogens is 1. The zero-order valence-corrected chi connectivity index (χ0v) is 12.7. The molecule has 1 heteroatoms. The Morgan fingerprint density at radius 1 is 0.783 bits per heavy atom. The molecule has 23 heavy (non-hydrogen) atoms. The smallest absolute Gasteiger partial charge is 0.0525 e. The van der Waals surface area contributed by atoms with Crippen molar-refractivity contribution in [2.45, 2.75) is 6.42 Å². The molecule has 1 aliphatic rings. The maximum atomic E-state index is 4.41. The molecule has 4 rings (SSSR count). The molecular weight excluding hydrogens is 278 g/mol. The lowest BCUT2D eigenvalue weighted by Crippen LogP contribution is -1.91. The van der Waals surface area contributed by atoms with Crippen molar-refractivity contribution in [3.63, 3.8) is 0 Å². The SMILES string of the molecule is C(#Cc1ccnc2c1C=CC2)c1ccccc1-c1ccccc1. The Morgan fingerprint density at radius 2 is 1.57 bits per heavy atom. The molecule has 1 nitrogen and oxygen atoms in total. The Bertz CT molecular complexity index is 940. The van der Waals surface area contributed by atoms with Gasteiger partial charge in [0.2, 0.25) is 0 Å². The minimum atomic E-state index is 0.908. The van der Waals surface area contributed by atoms with Crippen molar-refractivity contribution in [2.24, 2.45) is 0 Å². The van der Waals surface area contributed by atoms with Crippen LogP contribution < -0.4 is 0 Å². The third kappa shape index (κ3) is 2.67. The molecule has 0 saturated heterocycles. The van der Waals surface area contributed by atoms with Gasteiger partial charge in [0, 0.05) is 29.3 Å². The summed E-state index contributed by atoms with van der Waals surface area (Å²) in [5.74, 6) is 6.68. The zero-order valence-electron chi connectivity index (χ0n) is 12.7. The lowest BCUT2D eigenvalue weighted by atomic mass is 9.99. The van der Waals surface area contributed by atoms with Crippen molar-refractivity contribution in [2.75, 3.05) is 0 Å². The van der Waals surface area contributed by atoms with Crippen molar-refractivity contribution in [3.05, 3.63) is 95.3 Å². The fourth-order valence-corrected chi connectivity index (χ4v) is 2.86. The van der Waals surface area contributed by atoms with E-state index in [0.29, 0.717) is 0 Å². The number of hydrogen-bond donors (Lipinski definition) is 0. The van der Waals surface area contributed by atoms with Gasteiger partial charge in [-0.25, -0.2) is 0 Å². The predicted octanol–water partition coefficient (Wildman–Crippen LogP) is 4.72. The highest BCUT2D eigenvalue weighted by Gasteiger charge is 2.09. The highest BCUT2D eigenvalue weighted by Crippen LogP contribution is 2.24. The average Bonchev–Trinajstić information content (AvgIpc) is 3.10. The number of hydrogen-bond acceptors (Lipinski definition) is 1. The molecular formula is C22H15N. The van der Waals surface area contributed by atoms with Gasteiger partial charge in [0.05, 0.1) is 5.69 Å². The molecule has 1 aliphatic carbocycles. The third-order valence-electron chi connectivity index (χ3n) is 4.01. The molecule has 0 atom stereocenters. The van der Waals surface area contributed by atoms with Crippen LogP contribution >= 0.6 is 0 Å². The molecule has 0 amide bonds. The molecule has 0 spiro atoms. The lowest BCUT2D eigenvalue weighted by molar-refractivity contribution is 1.12. The van der Waals surface area contributed by atoms with Crippen LogP contribution in [0.25, 0.3) is 17.2 Å². The van der Waals surface area contributed by atoms with Crippen LogP contribution in [0.4, 0.5) is 0 Å². The molecule has 0 unspecified atom stereocenters. The number of nitrogens with zero attached hydrogens (tertiary/aromatic N) is 1. The highest BCUT2D eigenvalue weighted by atomic mass is 14.7. The Labute approximate surface area is 136 Å². The second-order valence-corrected chi connectivity index (χ2v) is 5.49. The van der Waals surface area contributed by atoms with Crippen molar-refractivity contribution in [1.82, 2.24) is 4.98 Å². The minimum absolute atomic E-state index is 0.908. The van der Waals surface area contributed by atoms with Crippen LogP contribution in [0.1, 0.15) is 22.4 Å². The minimum Gasteiger partial charge on any atom is -0.260 e. The predicted molar refractivity (Wildman–Crippen MR) is 94.8 cm³/mol. The summed E-state index contributed by atoms with van der Waals surface area (Å²) >= 11 is 0. The first-order valence-corrected chi connectivity index (χ1v) is 7.73. The van der Waals surface area contributed by atoms with Crippen LogP contribution in [0.3, 0.4) is 0 Å². The molecule has 1 heterocycles. The van der Waals surface area contributed by atoms with Crippen LogP contribution in [-0.2, 0) is 6.42 Å². The first-order chi connectivity index (χ1) is 11.4. The maximum absolute atomic E-state index is 4.41. The Morgan fingerprint density at radius 3 is 2.48 bits per heavy atom. The van der Waals surface area contributed by atoms with Crippen LogP contribution in [0.15, 0.2) is 72.9 Å². The molecule has 0 saturated carbocycles. The van der Waals surface area contributed by atoms with Gasteiger partial charge in [-0.2, -0.15) is 0 Å². The second kappa shape index (κ2) is 5.94. The number of pyridine rings is 1. The topological polar surface area (TPSA) is 12.9 Å². The van der Waals surface area contributed by atoms with E-state index in [1.54, 1.807) is 0 Å². The summed E-state index contributed by atoms with van der Waals surface area (Å²) in [4.78, 5) is 4.41. The van der Waals surface area contributed by atoms with Crippen LogP contribution in [0.5, 0.6) is 0 Å². The fourth-order valence-electron chi connectivity index (χ4n) is 2.86. The summed E-state index contributed by atoms with van der Waals surface area (Å²) in [6.45, 7) is 0. The molecule has 0 radical (unpaired) electrons. The Hall–Kier alpha value is -3.11. The van der Waals surface area contributed by atoms with E-state index in [1.807, 2.05) is 24.4 Å². The first-order valence-electron chi connectivity index (χ1n) is 7.73. The van der Waals surface area contributed by atoms with E-state index >= 15 is 0 Å². The Balaban J connectivity index is 1.78. The van der Waals surface area contributed by atoms with Gasteiger partial charge in [-0.15, -0.1) is 0 Å². The van der Waals surface area contributed by atoms with Crippen LogP contribution in [-0.4, -0.2) is 4.98 Å². The van der Waals surface area contributed by atoms with Crippen molar-refractivity contribution in [1.29, 1.82) is 0 Å². The Kier molecular flexibility index (Phi) is 3.50. The summed E-state index contributed by atoms with van der Waals surface area (Å²) < 4.78 is 0. The number of benzene rings is 2. The number of allylic oxidation sites excluding steroid dienone is 1. The van der Waals surface area contributed by atoms with Crippen LogP contribution in [0, 0.1) is 11.8 Å². The van der Waals surface area contributed by atoms with Crippen molar-refractivity contribution >= 4 is 6.08 Å². The monoisotopic (exact) mass is 293 g/mol. The van der Waals surface area contributed by atoms with Gasteiger partial charge in [-0.05, 0) is 23.3 Å². The van der Waals surface area contributed by atoms with Gasteiger partial charge in [0.25, 0.3) is 0 Å². The molecule has 3 aromatic rings. The van der Waals surface area contributed by atoms with E-state index in [1.165, 1.54) is 11.1 Å². The molecule has 0 aliphatic heterocycles. The summed E-state index contributed by atoms with van der Waals surface area (Å²) in [7, 11) is 0. The quantitative estimate of drug-likeness (QED) is 0.592. The fraction of sp³-hybridized carbons (Fsp3) is 0.0455. The highest BCUT2D eigenvalue weighted by molar-refractivity contribution is 5.72. The van der Waals surface area contributed by atoms with E-state index in [0.717, 1.165) is 28.8 Å². The molecule has 0 fully saturated rings. The summed E-state index contributed by atoms with van der Waals surface area (Å²) in [6.07, 6.45) is 7.01.